The Morgan fingerprint density at radius 1 is 0.927 bits per heavy atom. The third-order valence-corrected chi connectivity index (χ3v) is 7.14. The van der Waals surface area contributed by atoms with Crippen LogP contribution in [-0.2, 0) is 6.42 Å². The van der Waals surface area contributed by atoms with Gasteiger partial charge in [-0.05, 0) is 42.0 Å². The van der Waals surface area contributed by atoms with Crippen LogP contribution in [0.2, 0.25) is 10.0 Å². The molecule has 0 aliphatic heterocycles. The van der Waals surface area contributed by atoms with Gasteiger partial charge in [0.05, 0.1) is 28.5 Å². The number of aromatic amines is 1. The summed E-state index contributed by atoms with van der Waals surface area (Å²) in [5.74, 6) is -1.38. The molecule has 9 nitrogen and oxygen atoms in total. The second-order valence-electron chi connectivity index (χ2n) is 9.17. The summed E-state index contributed by atoms with van der Waals surface area (Å²) < 4.78 is 32.6. The predicted octanol–water partition coefficient (Wildman–Crippen LogP) is 5.40. The minimum Gasteiger partial charge on any atom is -0.381 e. The summed E-state index contributed by atoms with van der Waals surface area (Å²) in [5.41, 5.74) is 9.59. The molecule has 3 N–H and O–H groups in total. The van der Waals surface area contributed by atoms with Crippen molar-refractivity contribution in [3.05, 3.63) is 119 Å². The number of halogens is 4. The topological polar surface area (TPSA) is 115 Å². The number of aromatic nitrogens is 8. The van der Waals surface area contributed by atoms with E-state index in [9.17, 15) is 4.39 Å². The van der Waals surface area contributed by atoms with Gasteiger partial charge < -0.3 is 5.73 Å². The van der Waals surface area contributed by atoms with E-state index in [-0.39, 0.29) is 22.4 Å². The van der Waals surface area contributed by atoms with Crippen molar-refractivity contribution in [2.24, 2.45) is 0 Å². The second-order valence-corrected chi connectivity index (χ2v) is 10.0. The van der Waals surface area contributed by atoms with Gasteiger partial charge in [0, 0.05) is 46.7 Å². The van der Waals surface area contributed by atoms with E-state index in [1.54, 1.807) is 35.4 Å². The van der Waals surface area contributed by atoms with E-state index in [0.29, 0.717) is 39.5 Å². The van der Waals surface area contributed by atoms with Crippen molar-refractivity contribution >= 4 is 29.0 Å². The smallest absolute Gasteiger partial charge is 0.293 e. The third kappa shape index (κ3) is 5.37. The van der Waals surface area contributed by atoms with Gasteiger partial charge in [-0.1, -0.05) is 46.6 Å². The Bertz CT molecular complexity index is 1820. The van der Waals surface area contributed by atoms with Gasteiger partial charge in [-0.15, -0.1) is 4.68 Å². The molecular weight excluding hydrogens is 571 g/mol. The number of nitrogen functional groups attached to an aromatic ring is 1. The van der Waals surface area contributed by atoms with E-state index < -0.39 is 11.6 Å². The lowest BCUT2D eigenvalue weighted by atomic mass is 10.0. The number of anilines is 1. The number of nitrogens with zero attached hydrogens (tertiary/aromatic N) is 7. The number of tetrazole rings is 1. The number of nitrogens with two attached hydrogens (primary N) is 1. The van der Waals surface area contributed by atoms with E-state index in [4.69, 9.17) is 33.9 Å². The van der Waals surface area contributed by atoms with Crippen LogP contribution in [0.5, 0.6) is 0 Å². The molecule has 0 saturated carbocycles. The molecule has 41 heavy (non-hydrogen) atoms. The van der Waals surface area contributed by atoms with Crippen molar-refractivity contribution < 1.29 is 13.5 Å². The molecule has 0 aliphatic carbocycles. The van der Waals surface area contributed by atoms with Gasteiger partial charge in [0.25, 0.3) is 6.33 Å². The fraction of sp³-hybridized carbons (Fsp3) is 0.0714. The van der Waals surface area contributed by atoms with E-state index in [1.165, 1.54) is 29.3 Å². The summed E-state index contributed by atoms with van der Waals surface area (Å²) in [6.07, 6.45) is 8.43. The van der Waals surface area contributed by atoms with Crippen molar-refractivity contribution in [1.82, 2.24) is 35.3 Å². The van der Waals surface area contributed by atoms with Crippen molar-refractivity contribution in [2.45, 2.75) is 12.5 Å². The van der Waals surface area contributed by atoms with Crippen LogP contribution in [0, 0.1) is 11.6 Å². The Labute approximate surface area is 242 Å². The number of hydrogen-bond donors (Lipinski definition) is 2. The molecule has 0 aliphatic rings. The largest absolute Gasteiger partial charge is 0.381 e. The standard InChI is InChI=1S/C28H19Cl2F2N9/c29-20-4-1-16(2-5-20)9-25(40-14-19(13-37-40)18-10-22(31)28(33)35-12-18)23-7-3-17(11-34-23)26-24(41-15-36-38-39-41)8-6-21(30)27(26)32/h1-8,10-15,25H,9H2,(H2,33,35)/p+1. The summed E-state index contributed by atoms with van der Waals surface area (Å²) in [4.78, 5) is 8.62. The molecule has 0 bridgehead atoms. The van der Waals surface area contributed by atoms with Gasteiger partial charge in [0.1, 0.15) is 10.8 Å². The van der Waals surface area contributed by atoms with Crippen LogP contribution in [0.25, 0.3) is 27.9 Å². The number of benzene rings is 2. The van der Waals surface area contributed by atoms with E-state index >= 15 is 4.39 Å². The van der Waals surface area contributed by atoms with E-state index in [0.717, 1.165) is 5.56 Å². The highest BCUT2D eigenvalue weighted by Gasteiger charge is 2.22. The Kier molecular flexibility index (Phi) is 7.12. The first-order valence-corrected chi connectivity index (χ1v) is 13.1. The summed E-state index contributed by atoms with van der Waals surface area (Å²) in [7, 11) is 0. The van der Waals surface area contributed by atoms with Gasteiger partial charge in [-0.3, -0.25) is 9.67 Å². The SMILES string of the molecule is Nc1ncc(-c2cnn(C(Cc3ccc(Cl)cc3)c3ccc(-c4c(-[n+]5cnn[nH]5)ccc(Cl)c4F)cn3)c2)cc1F. The average Bonchev–Trinajstić information content (AvgIpc) is 3.69. The van der Waals surface area contributed by atoms with Gasteiger partial charge in [-0.25, -0.2) is 13.8 Å². The molecule has 13 heteroatoms. The van der Waals surface area contributed by atoms with Crippen LogP contribution in [0.4, 0.5) is 14.6 Å². The number of rotatable bonds is 7. The predicted molar refractivity (Wildman–Crippen MR) is 149 cm³/mol. The zero-order valence-electron chi connectivity index (χ0n) is 21.1. The quantitative estimate of drug-likeness (QED) is 0.240. The maximum absolute atomic E-state index is 15.3. The van der Waals surface area contributed by atoms with Crippen LogP contribution in [-0.4, -0.2) is 35.3 Å². The van der Waals surface area contributed by atoms with Gasteiger partial charge in [-0.2, -0.15) is 5.10 Å². The van der Waals surface area contributed by atoms with Crippen LogP contribution < -0.4 is 10.4 Å². The minimum absolute atomic E-state index is 0.0285. The highest BCUT2D eigenvalue weighted by Crippen LogP contribution is 2.33. The first-order chi connectivity index (χ1) is 19.9. The Hall–Kier alpha value is -4.74. The zero-order valence-corrected chi connectivity index (χ0v) is 22.6. The highest BCUT2D eigenvalue weighted by atomic mass is 35.5. The molecule has 0 saturated heterocycles. The number of nitrogens with one attached hydrogen (secondary N) is 1. The Morgan fingerprint density at radius 2 is 1.73 bits per heavy atom. The van der Waals surface area contributed by atoms with Crippen LogP contribution in [0.15, 0.2) is 85.7 Å². The van der Waals surface area contributed by atoms with Crippen molar-refractivity contribution in [3.63, 3.8) is 0 Å². The van der Waals surface area contributed by atoms with E-state index in [2.05, 4.69) is 25.6 Å². The maximum atomic E-state index is 15.3. The second kappa shape index (κ2) is 11.0. The molecule has 1 unspecified atom stereocenters. The van der Waals surface area contributed by atoms with Crippen LogP contribution >= 0.6 is 23.2 Å². The van der Waals surface area contributed by atoms with Gasteiger partial charge in [0.2, 0.25) is 0 Å². The molecule has 6 rings (SSSR count). The molecule has 204 valence electrons. The fourth-order valence-corrected chi connectivity index (χ4v) is 4.78. The summed E-state index contributed by atoms with van der Waals surface area (Å²) in [6, 6.07) is 15.1. The lowest BCUT2D eigenvalue weighted by Crippen LogP contribution is -2.33. The molecule has 1 atom stereocenters. The lowest BCUT2D eigenvalue weighted by Gasteiger charge is -2.18. The Morgan fingerprint density at radius 3 is 2.44 bits per heavy atom. The van der Waals surface area contributed by atoms with E-state index in [1.807, 2.05) is 30.3 Å². The molecule has 0 radical (unpaired) electrons. The molecule has 2 aromatic carbocycles. The minimum atomic E-state index is -0.609. The highest BCUT2D eigenvalue weighted by molar-refractivity contribution is 6.31. The average molecular weight is 591 g/mol. The molecular formula is C28H20Cl2F2N9+. The van der Waals surface area contributed by atoms with Crippen molar-refractivity contribution in [1.29, 1.82) is 0 Å². The molecule has 0 fully saturated rings. The maximum Gasteiger partial charge on any atom is 0.293 e. The van der Waals surface area contributed by atoms with Crippen molar-refractivity contribution in [2.75, 3.05) is 5.73 Å². The third-order valence-electron chi connectivity index (χ3n) is 6.59. The number of pyridine rings is 2. The summed E-state index contributed by atoms with van der Waals surface area (Å²) >= 11 is 12.2. The zero-order chi connectivity index (χ0) is 28.5. The van der Waals surface area contributed by atoms with Crippen LogP contribution in [0.3, 0.4) is 0 Å². The Balaban J connectivity index is 1.40. The van der Waals surface area contributed by atoms with Gasteiger partial charge in [0.15, 0.2) is 22.7 Å². The molecule has 6 aromatic rings. The molecule has 4 heterocycles. The fourth-order valence-electron chi connectivity index (χ4n) is 4.50. The monoisotopic (exact) mass is 590 g/mol. The molecule has 4 aromatic heterocycles. The van der Waals surface area contributed by atoms with Gasteiger partial charge >= 0.3 is 0 Å². The van der Waals surface area contributed by atoms with Crippen molar-refractivity contribution in [3.8, 4) is 27.9 Å². The summed E-state index contributed by atoms with van der Waals surface area (Å²) in [6.45, 7) is 0. The number of H-pyrrole nitrogens is 1. The number of hydrogen-bond acceptors (Lipinski definition) is 6. The molecule has 0 amide bonds. The normalized spacial score (nSPS) is 12.0. The lowest BCUT2D eigenvalue weighted by molar-refractivity contribution is -0.659. The first kappa shape index (κ1) is 26.5. The van der Waals surface area contributed by atoms with Crippen LogP contribution in [0.1, 0.15) is 17.3 Å². The molecule has 0 spiro atoms. The summed E-state index contributed by atoms with van der Waals surface area (Å²) in [5, 5.41) is 15.3. The first-order valence-electron chi connectivity index (χ1n) is 12.3.